The van der Waals surface area contributed by atoms with Gasteiger partial charge in [-0.25, -0.2) is 0 Å². The van der Waals surface area contributed by atoms with Gasteiger partial charge in [0.2, 0.25) is 5.91 Å². The summed E-state index contributed by atoms with van der Waals surface area (Å²) in [4.78, 5) is 11.1. The average molecular weight is 383 g/mol. The molecule has 3 rings (SSSR count). The fraction of sp³-hybridized carbons (Fsp3) is 0.522. The van der Waals surface area contributed by atoms with Crippen LogP contribution in [-0.2, 0) is 11.2 Å². The monoisotopic (exact) mass is 383 g/mol. The molecular weight excluding hydrogens is 354 g/mol. The number of aliphatic hydroxyl groups excluding tert-OH is 2. The number of aryl methyl sites for hydroxylation is 1. The van der Waals surface area contributed by atoms with Crippen molar-refractivity contribution in [3.05, 3.63) is 41.5 Å². The van der Waals surface area contributed by atoms with Crippen LogP contribution in [0.5, 0.6) is 5.75 Å². The Labute approximate surface area is 166 Å². The fourth-order valence-electron chi connectivity index (χ4n) is 4.24. The summed E-state index contributed by atoms with van der Waals surface area (Å²) in [6, 6.07) is 5.96. The first-order valence-corrected chi connectivity index (χ1v) is 9.93. The number of rotatable bonds is 7. The second kappa shape index (κ2) is 8.81. The van der Waals surface area contributed by atoms with Crippen LogP contribution in [0.2, 0.25) is 0 Å². The Morgan fingerprint density at radius 3 is 2.96 bits per heavy atom. The van der Waals surface area contributed by atoms with E-state index in [-0.39, 0.29) is 36.2 Å². The SMILES string of the molecule is CC#CC[C@H](C)[C@H](O)C=C[C@@H]1[C@H]2c3cccc(CCC(N)=O)c3O[C@H]2C[C@H]1O. The maximum atomic E-state index is 11.1. The lowest BCUT2D eigenvalue weighted by atomic mass is 9.86. The Kier molecular flexibility index (Phi) is 6.43. The molecule has 0 radical (unpaired) electrons. The quantitative estimate of drug-likeness (QED) is 0.498. The summed E-state index contributed by atoms with van der Waals surface area (Å²) in [5, 5.41) is 20.9. The van der Waals surface area contributed by atoms with Gasteiger partial charge in [0, 0.05) is 36.7 Å². The number of aliphatic hydroxyl groups is 2. The Bertz CT molecular complexity index is 807. The van der Waals surface area contributed by atoms with E-state index in [1.165, 1.54) is 0 Å². The minimum atomic E-state index is -0.601. The molecule has 1 aromatic carbocycles. The third-order valence-corrected chi connectivity index (χ3v) is 5.84. The predicted octanol–water partition coefficient (Wildman–Crippen LogP) is 2.30. The van der Waals surface area contributed by atoms with Crippen LogP contribution in [0, 0.1) is 23.7 Å². The van der Waals surface area contributed by atoms with Gasteiger partial charge in [-0.3, -0.25) is 4.79 Å². The summed E-state index contributed by atoms with van der Waals surface area (Å²) in [6.45, 7) is 3.76. The molecule has 2 aliphatic rings. The highest BCUT2D eigenvalue weighted by atomic mass is 16.5. The number of fused-ring (bicyclic) bond motifs is 3. The lowest BCUT2D eigenvalue weighted by Crippen LogP contribution is -2.19. The maximum absolute atomic E-state index is 11.1. The van der Waals surface area contributed by atoms with Gasteiger partial charge < -0.3 is 20.7 Å². The van der Waals surface area contributed by atoms with Crippen LogP contribution < -0.4 is 10.5 Å². The van der Waals surface area contributed by atoms with Crippen molar-refractivity contribution in [3.63, 3.8) is 0 Å². The topological polar surface area (TPSA) is 92.8 Å². The summed E-state index contributed by atoms with van der Waals surface area (Å²) in [5.41, 5.74) is 7.33. The summed E-state index contributed by atoms with van der Waals surface area (Å²) >= 11 is 0. The summed E-state index contributed by atoms with van der Waals surface area (Å²) < 4.78 is 6.18. The molecule has 0 bridgehead atoms. The van der Waals surface area contributed by atoms with E-state index in [1.54, 1.807) is 13.0 Å². The molecule has 1 saturated carbocycles. The number of benzene rings is 1. The summed E-state index contributed by atoms with van der Waals surface area (Å²) in [7, 11) is 0. The van der Waals surface area contributed by atoms with Gasteiger partial charge in [0.1, 0.15) is 11.9 Å². The van der Waals surface area contributed by atoms with Crippen LogP contribution in [0.15, 0.2) is 30.4 Å². The number of ether oxygens (including phenoxy) is 1. The van der Waals surface area contributed by atoms with E-state index in [2.05, 4.69) is 11.8 Å². The molecule has 0 unspecified atom stereocenters. The zero-order valence-corrected chi connectivity index (χ0v) is 16.5. The van der Waals surface area contributed by atoms with Gasteiger partial charge >= 0.3 is 0 Å². The largest absolute Gasteiger partial charge is 0.489 e. The molecule has 28 heavy (non-hydrogen) atoms. The highest BCUT2D eigenvalue weighted by molar-refractivity contribution is 5.74. The molecule has 1 amide bonds. The van der Waals surface area contributed by atoms with E-state index in [0.717, 1.165) is 16.9 Å². The molecule has 4 N–H and O–H groups in total. The van der Waals surface area contributed by atoms with Crippen LogP contribution >= 0.6 is 0 Å². The second-order valence-corrected chi connectivity index (χ2v) is 7.85. The maximum Gasteiger partial charge on any atom is 0.217 e. The number of carbonyl (C=O) groups excluding carboxylic acids is 1. The van der Waals surface area contributed by atoms with Crippen molar-refractivity contribution < 1.29 is 19.7 Å². The molecule has 5 heteroatoms. The number of nitrogens with two attached hydrogens (primary N) is 1. The Hall–Kier alpha value is -2.29. The molecule has 1 aromatic rings. The predicted molar refractivity (Wildman–Crippen MR) is 108 cm³/mol. The third-order valence-electron chi connectivity index (χ3n) is 5.84. The number of hydrogen-bond donors (Lipinski definition) is 3. The van der Waals surface area contributed by atoms with E-state index in [0.29, 0.717) is 19.3 Å². The highest BCUT2D eigenvalue weighted by Gasteiger charge is 2.48. The molecule has 0 saturated heterocycles. The Balaban J connectivity index is 1.78. The summed E-state index contributed by atoms with van der Waals surface area (Å²) in [5.74, 6) is 6.31. The number of amides is 1. The molecule has 1 fully saturated rings. The van der Waals surface area contributed by atoms with Crippen molar-refractivity contribution in [2.45, 2.75) is 63.8 Å². The highest BCUT2D eigenvalue weighted by Crippen LogP contribution is 2.52. The van der Waals surface area contributed by atoms with Gasteiger partial charge in [0.25, 0.3) is 0 Å². The Morgan fingerprint density at radius 2 is 2.25 bits per heavy atom. The van der Waals surface area contributed by atoms with Crippen molar-refractivity contribution in [1.82, 2.24) is 0 Å². The molecule has 0 spiro atoms. The van der Waals surface area contributed by atoms with E-state index >= 15 is 0 Å². The molecule has 5 nitrogen and oxygen atoms in total. The van der Waals surface area contributed by atoms with Gasteiger partial charge in [-0.2, -0.15) is 0 Å². The van der Waals surface area contributed by atoms with Crippen molar-refractivity contribution in [2.75, 3.05) is 0 Å². The van der Waals surface area contributed by atoms with Crippen LogP contribution in [0.1, 0.15) is 50.2 Å². The molecule has 1 heterocycles. The smallest absolute Gasteiger partial charge is 0.217 e. The normalized spacial score (nSPS) is 27.4. The Morgan fingerprint density at radius 1 is 1.46 bits per heavy atom. The van der Waals surface area contributed by atoms with Gasteiger partial charge in [0.15, 0.2) is 0 Å². The van der Waals surface area contributed by atoms with Gasteiger partial charge in [-0.05, 0) is 24.8 Å². The van der Waals surface area contributed by atoms with Crippen LogP contribution in [-0.4, -0.2) is 34.4 Å². The number of hydrogen-bond acceptors (Lipinski definition) is 4. The zero-order chi connectivity index (χ0) is 20.3. The van der Waals surface area contributed by atoms with Crippen molar-refractivity contribution >= 4 is 5.91 Å². The second-order valence-electron chi connectivity index (χ2n) is 7.85. The van der Waals surface area contributed by atoms with Crippen molar-refractivity contribution in [2.24, 2.45) is 17.6 Å². The average Bonchev–Trinajstić information content (AvgIpc) is 3.17. The molecule has 1 aliphatic heterocycles. The van der Waals surface area contributed by atoms with Gasteiger partial charge in [-0.1, -0.05) is 37.3 Å². The lowest BCUT2D eigenvalue weighted by Gasteiger charge is -2.19. The van der Waals surface area contributed by atoms with Crippen molar-refractivity contribution in [3.8, 4) is 17.6 Å². The molecule has 150 valence electrons. The van der Waals surface area contributed by atoms with Crippen LogP contribution in [0.3, 0.4) is 0 Å². The standard InChI is InChI=1S/C23H29NO4/c1-3-4-6-14(2)18(25)11-10-16-19(26)13-20-22(16)17-8-5-7-15(23(17)28-20)9-12-21(24)27/h5,7-8,10-11,14,16,18-20,22,25-26H,6,9,12-13H2,1-2H3,(H2,24,27)/t14-,16-,18+,19+,20-,22-/m0/s1. The first kappa shape index (κ1) is 20.4. The molecular formula is C23H29NO4. The number of primary amides is 1. The van der Waals surface area contributed by atoms with E-state index in [4.69, 9.17) is 10.5 Å². The van der Waals surface area contributed by atoms with E-state index in [9.17, 15) is 15.0 Å². The number of para-hydroxylation sites is 1. The lowest BCUT2D eigenvalue weighted by molar-refractivity contribution is -0.117. The minimum absolute atomic E-state index is 0.0329. The number of carbonyl (C=O) groups is 1. The van der Waals surface area contributed by atoms with Crippen molar-refractivity contribution in [1.29, 1.82) is 0 Å². The minimum Gasteiger partial charge on any atom is -0.489 e. The van der Waals surface area contributed by atoms with Crippen LogP contribution in [0.25, 0.3) is 0 Å². The fourth-order valence-corrected chi connectivity index (χ4v) is 4.24. The van der Waals surface area contributed by atoms with E-state index < -0.39 is 12.2 Å². The molecule has 0 aromatic heterocycles. The first-order valence-electron chi connectivity index (χ1n) is 9.93. The third kappa shape index (κ3) is 4.24. The van der Waals surface area contributed by atoms with E-state index in [1.807, 2.05) is 31.2 Å². The molecule has 6 atom stereocenters. The van der Waals surface area contributed by atoms with Crippen LogP contribution in [0.4, 0.5) is 0 Å². The summed E-state index contributed by atoms with van der Waals surface area (Å²) in [6.07, 6.45) is 4.55. The molecule has 1 aliphatic carbocycles. The zero-order valence-electron chi connectivity index (χ0n) is 16.5. The van der Waals surface area contributed by atoms with Gasteiger partial charge in [0.05, 0.1) is 12.2 Å². The first-order chi connectivity index (χ1) is 13.4. The van der Waals surface area contributed by atoms with Gasteiger partial charge in [-0.15, -0.1) is 11.8 Å².